The van der Waals surface area contributed by atoms with Crippen molar-refractivity contribution in [3.05, 3.63) is 80.4 Å². The van der Waals surface area contributed by atoms with E-state index in [-0.39, 0.29) is 39.6 Å². The smallest absolute Gasteiger partial charge is 0.277 e. The van der Waals surface area contributed by atoms with E-state index >= 15 is 0 Å². The molecule has 0 unspecified atom stereocenters. The van der Waals surface area contributed by atoms with Crippen LogP contribution in [0.15, 0.2) is 54.6 Å². The van der Waals surface area contributed by atoms with Crippen LogP contribution in [0.5, 0.6) is 0 Å². The summed E-state index contributed by atoms with van der Waals surface area (Å²) in [6, 6.07) is 15.1. The Morgan fingerprint density at radius 1 is 0.963 bits per heavy atom. The Bertz CT molecular complexity index is 1120. The summed E-state index contributed by atoms with van der Waals surface area (Å²) in [5, 5.41) is 31.8. The highest BCUT2D eigenvalue weighted by molar-refractivity contribution is 5.84. The largest absolute Gasteiger partial charge is 0.383 e. The Labute approximate surface area is 152 Å². The third-order valence-electron chi connectivity index (χ3n) is 3.90. The van der Waals surface area contributed by atoms with Gasteiger partial charge in [-0.05, 0) is 12.1 Å². The summed E-state index contributed by atoms with van der Waals surface area (Å²) in [5.74, 6) is -0.116. The number of pyridine rings is 1. The summed E-state index contributed by atoms with van der Waals surface area (Å²) in [6.45, 7) is 0. The fourth-order valence-electron chi connectivity index (χ4n) is 2.68. The molecule has 0 fully saturated rings. The number of aromatic nitrogens is 1. The summed E-state index contributed by atoms with van der Waals surface area (Å²) >= 11 is 0. The number of benzene rings is 2. The van der Waals surface area contributed by atoms with Crippen LogP contribution in [0.2, 0.25) is 0 Å². The maximum absolute atomic E-state index is 11.4. The van der Waals surface area contributed by atoms with Crippen molar-refractivity contribution in [2.45, 2.75) is 0 Å². The molecule has 0 radical (unpaired) electrons. The van der Waals surface area contributed by atoms with Gasteiger partial charge in [-0.25, -0.2) is 4.98 Å². The quantitative estimate of drug-likeness (QED) is 0.550. The first-order valence-electron chi connectivity index (χ1n) is 7.61. The van der Waals surface area contributed by atoms with Crippen LogP contribution in [-0.4, -0.2) is 14.8 Å². The van der Waals surface area contributed by atoms with E-state index in [2.05, 4.69) is 4.98 Å². The number of nitrogens with two attached hydrogens (primary N) is 1. The molecule has 1 heterocycles. The molecule has 27 heavy (non-hydrogen) atoms. The van der Waals surface area contributed by atoms with Crippen molar-refractivity contribution in [2.24, 2.45) is 0 Å². The molecule has 132 valence electrons. The number of hydrogen-bond donors (Lipinski definition) is 1. The van der Waals surface area contributed by atoms with Crippen LogP contribution in [0.25, 0.3) is 22.4 Å². The average Bonchev–Trinajstić information content (AvgIpc) is 2.67. The number of nitriles is 1. The minimum Gasteiger partial charge on any atom is -0.383 e. The number of rotatable bonds is 4. The van der Waals surface area contributed by atoms with Gasteiger partial charge < -0.3 is 5.73 Å². The number of nitrogens with zero attached hydrogens (tertiary/aromatic N) is 4. The van der Waals surface area contributed by atoms with E-state index < -0.39 is 9.85 Å². The van der Waals surface area contributed by atoms with Crippen molar-refractivity contribution in [1.82, 2.24) is 4.98 Å². The fourth-order valence-corrected chi connectivity index (χ4v) is 2.68. The van der Waals surface area contributed by atoms with Gasteiger partial charge in [-0.1, -0.05) is 24.3 Å². The lowest BCUT2D eigenvalue weighted by molar-refractivity contribution is -0.384. The number of anilines is 1. The molecule has 0 aliphatic carbocycles. The zero-order valence-electron chi connectivity index (χ0n) is 13.7. The number of nitro benzene ring substituents is 2. The van der Waals surface area contributed by atoms with Crippen molar-refractivity contribution in [3.8, 4) is 28.5 Å². The van der Waals surface area contributed by atoms with Gasteiger partial charge in [0, 0.05) is 29.3 Å². The molecule has 0 spiro atoms. The third-order valence-corrected chi connectivity index (χ3v) is 3.90. The number of para-hydroxylation sites is 1. The van der Waals surface area contributed by atoms with E-state index in [0.717, 1.165) is 0 Å². The van der Waals surface area contributed by atoms with Crippen LogP contribution in [0.4, 0.5) is 17.2 Å². The van der Waals surface area contributed by atoms with Crippen LogP contribution >= 0.6 is 0 Å². The molecule has 2 aromatic carbocycles. The molecule has 2 N–H and O–H groups in total. The van der Waals surface area contributed by atoms with Crippen LogP contribution in [0.3, 0.4) is 0 Å². The maximum Gasteiger partial charge on any atom is 0.277 e. The van der Waals surface area contributed by atoms with E-state index in [1.807, 2.05) is 6.07 Å². The molecule has 9 heteroatoms. The number of non-ortho nitro benzene ring substituents is 1. The molecule has 0 amide bonds. The summed E-state index contributed by atoms with van der Waals surface area (Å²) in [7, 11) is 0. The number of hydrogen-bond acceptors (Lipinski definition) is 7. The van der Waals surface area contributed by atoms with Crippen LogP contribution in [-0.2, 0) is 0 Å². The van der Waals surface area contributed by atoms with Crippen LogP contribution in [0.1, 0.15) is 5.56 Å². The van der Waals surface area contributed by atoms with Crippen molar-refractivity contribution >= 4 is 17.2 Å². The lowest BCUT2D eigenvalue weighted by atomic mass is 9.97. The molecule has 1 aromatic heterocycles. The first-order chi connectivity index (χ1) is 12.9. The highest BCUT2D eigenvalue weighted by Crippen LogP contribution is 2.36. The minimum absolute atomic E-state index is 0.00141. The predicted octanol–water partition coefficient (Wildman–Crippen LogP) is 3.69. The standard InChI is InChI=1S/C18H11N5O4/c19-10-15-14(13-6-1-2-7-17(13)23(26)27)9-16(21-18(15)20)11-4-3-5-12(8-11)22(24)25/h1-9H,(H2,20,21). The molecular formula is C18H11N5O4. The van der Waals surface area contributed by atoms with Gasteiger partial charge >= 0.3 is 0 Å². The summed E-state index contributed by atoms with van der Waals surface area (Å²) in [4.78, 5) is 25.4. The zero-order chi connectivity index (χ0) is 19.6. The summed E-state index contributed by atoms with van der Waals surface area (Å²) in [6.07, 6.45) is 0. The maximum atomic E-state index is 11.4. The molecule has 0 saturated heterocycles. The second-order valence-corrected chi connectivity index (χ2v) is 5.51. The molecule has 0 bridgehead atoms. The minimum atomic E-state index is -0.555. The molecule has 0 atom stereocenters. The summed E-state index contributed by atoms with van der Waals surface area (Å²) in [5.41, 5.74) is 6.68. The van der Waals surface area contributed by atoms with Crippen molar-refractivity contribution in [3.63, 3.8) is 0 Å². The van der Waals surface area contributed by atoms with E-state index in [0.29, 0.717) is 5.56 Å². The zero-order valence-corrected chi connectivity index (χ0v) is 13.7. The Balaban J connectivity index is 2.28. The topological polar surface area (TPSA) is 149 Å². The molecule has 9 nitrogen and oxygen atoms in total. The highest BCUT2D eigenvalue weighted by atomic mass is 16.6. The Morgan fingerprint density at radius 2 is 1.70 bits per heavy atom. The average molecular weight is 361 g/mol. The van der Waals surface area contributed by atoms with Gasteiger partial charge in [0.05, 0.1) is 21.1 Å². The van der Waals surface area contributed by atoms with E-state index in [1.54, 1.807) is 12.1 Å². The van der Waals surface area contributed by atoms with Gasteiger partial charge in [-0.15, -0.1) is 0 Å². The molecule has 0 aliphatic rings. The Kier molecular flexibility index (Phi) is 4.47. The van der Waals surface area contributed by atoms with E-state index in [4.69, 9.17) is 5.73 Å². The summed E-state index contributed by atoms with van der Waals surface area (Å²) < 4.78 is 0. The Hall–Kier alpha value is -4.32. The number of nitrogen functional groups attached to an aromatic ring is 1. The van der Waals surface area contributed by atoms with Crippen molar-refractivity contribution in [2.75, 3.05) is 5.73 Å². The van der Waals surface area contributed by atoms with Crippen molar-refractivity contribution in [1.29, 1.82) is 5.26 Å². The SMILES string of the molecule is N#Cc1c(-c2ccccc2[N+](=O)[O-])cc(-c2cccc([N+](=O)[O-])c2)nc1N. The van der Waals surface area contributed by atoms with Gasteiger partial charge in [0.1, 0.15) is 17.5 Å². The number of nitro groups is 2. The highest BCUT2D eigenvalue weighted by Gasteiger charge is 2.21. The Morgan fingerprint density at radius 3 is 2.37 bits per heavy atom. The van der Waals surface area contributed by atoms with Gasteiger partial charge in [0.15, 0.2) is 0 Å². The van der Waals surface area contributed by atoms with E-state index in [9.17, 15) is 25.5 Å². The molecule has 0 aliphatic heterocycles. The normalized spacial score (nSPS) is 10.2. The van der Waals surface area contributed by atoms with Gasteiger partial charge in [-0.3, -0.25) is 20.2 Å². The first-order valence-corrected chi connectivity index (χ1v) is 7.61. The van der Waals surface area contributed by atoms with E-state index in [1.165, 1.54) is 42.5 Å². The van der Waals surface area contributed by atoms with Gasteiger partial charge in [0.2, 0.25) is 0 Å². The first kappa shape index (κ1) is 17.5. The molecule has 3 aromatic rings. The van der Waals surface area contributed by atoms with Crippen molar-refractivity contribution < 1.29 is 9.85 Å². The molecular weight excluding hydrogens is 350 g/mol. The predicted molar refractivity (Wildman–Crippen MR) is 97.5 cm³/mol. The second kappa shape index (κ2) is 6.89. The van der Waals surface area contributed by atoms with Gasteiger partial charge in [-0.2, -0.15) is 5.26 Å². The molecule has 0 saturated carbocycles. The van der Waals surface area contributed by atoms with Crippen LogP contribution in [0, 0.1) is 31.6 Å². The fraction of sp³-hybridized carbons (Fsp3) is 0. The lowest BCUT2D eigenvalue weighted by Gasteiger charge is -2.10. The lowest BCUT2D eigenvalue weighted by Crippen LogP contribution is -2.01. The monoisotopic (exact) mass is 361 g/mol. The molecule has 3 rings (SSSR count). The van der Waals surface area contributed by atoms with Crippen LogP contribution < -0.4 is 5.73 Å². The third kappa shape index (κ3) is 3.27. The van der Waals surface area contributed by atoms with Gasteiger partial charge in [0.25, 0.3) is 11.4 Å². The second-order valence-electron chi connectivity index (χ2n) is 5.51.